The van der Waals surface area contributed by atoms with Crippen molar-refractivity contribution in [3.8, 4) is 5.75 Å². The first-order valence-electron chi connectivity index (χ1n) is 45.2. The van der Waals surface area contributed by atoms with E-state index in [1.807, 2.05) is 0 Å². The molecule has 3 aliphatic heterocycles. The van der Waals surface area contributed by atoms with Gasteiger partial charge in [0.05, 0.1) is 19.1 Å². The van der Waals surface area contributed by atoms with Gasteiger partial charge < -0.3 is 115 Å². The maximum absolute atomic E-state index is 14.6. The summed E-state index contributed by atoms with van der Waals surface area (Å²) in [7, 11) is 0. The summed E-state index contributed by atoms with van der Waals surface area (Å²) in [5.41, 5.74) is 0. The van der Waals surface area contributed by atoms with Crippen LogP contribution in [0.4, 0.5) is 22.0 Å². The highest BCUT2D eigenvalue weighted by Crippen LogP contribution is 2.34. The SMILES string of the molecule is CCC1OC(OCCCCCC(=O)NCCCNC(=O)CN(CC(=O)NCCCNC(=O)CCCCCOC2OC(CC)C(OC(C)=O)C(OC(C)=O)C2NC(C)=O)C(CCCCNC(=O)CCCC(=O)Oc2c(F)c(F)c(F)c(F)c2F)C(=O)NCCCNC(=O)CCCCCOC2OC(CC)C(OC(C)=O)C(OC(C)=O)C2NC(C)=O)C(NC(C)=O)C(OC(C)=O)C1OC(C)=O. The second-order valence-electron chi connectivity index (χ2n) is 32.1. The quantitative estimate of drug-likeness (QED) is 0.00848. The predicted molar refractivity (Wildman–Crippen MR) is 456 cm³/mol. The fourth-order valence-corrected chi connectivity index (χ4v) is 14.8. The van der Waals surface area contributed by atoms with Gasteiger partial charge in [-0.05, 0) is 103 Å². The van der Waals surface area contributed by atoms with Gasteiger partial charge in [0, 0.05) is 160 Å². The van der Waals surface area contributed by atoms with Gasteiger partial charge in [-0.2, -0.15) is 8.78 Å². The van der Waals surface area contributed by atoms with E-state index in [4.69, 9.17) is 56.8 Å². The average molecular weight is 1910 g/mol. The number of hydrogen-bond donors (Lipinski definition) is 10. The van der Waals surface area contributed by atoms with E-state index >= 15 is 0 Å². The van der Waals surface area contributed by atoms with Crippen LogP contribution in [0.1, 0.15) is 237 Å². The Morgan fingerprint density at radius 2 is 0.594 bits per heavy atom. The lowest BCUT2D eigenvalue weighted by Crippen LogP contribution is -2.65. The highest BCUT2D eigenvalue weighted by Gasteiger charge is 2.53. The number of nitrogens with one attached hydrogen (secondary N) is 10. The third-order valence-electron chi connectivity index (χ3n) is 20.9. The zero-order chi connectivity index (χ0) is 98.8. The van der Waals surface area contributed by atoms with Crippen molar-refractivity contribution in [2.24, 2.45) is 0 Å². The van der Waals surface area contributed by atoms with Crippen LogP contribution in [0.3, 0.4) is 0 Å². The largest absolute Gasteiger partial charge is 0.456 e. The van der Waals surface area contributed by atoms with Gasteiger partial charge in [0.15, 0.2) is 55.5 Å². The van der Waals surface area contributed by atoms with Crippen LogP contribution in [-0.2, 0) is 138 Å². The minimum atomic E-state index is -2.47. The van der Waals surface area contributed by atoms with Gasteiger partial charge in [-0.1, -0.05) is 40.0 Å². The summed E-state index contributed by atoms with van der Waals surface area (Å²) in [6.07, 6.45) is -7.09. The standard InChI is InChI=1S/C87H134F5N11O30/c1-13-59-77(124-52(7)107)81(127-55(10)110)74(100-49(4)104)85(130-59)121-44-24-16-19-32-62(113)94-38-28-41-97-66(117)47-103(48-67(118)98-42-29-39-95-63(114)33-20-17-25-45-122-86-75(101-50(5)105)82(128-56(11)111)78(125-53(8)108)60(14-2)131-86)58(31-22-23-37-93-65(116)35-27-36-68(119)133-80-72(91)70(89)69(88)71(90)73(80)92)84(120)99-43-30-40-96-64(115)34-21-18-26-46-123-87-76(102-51(6)106)83(129-57(12)112)79(126-54(9)109)61(15-3)132-87/h58-61,74-79,81-83,85-87H,13-48H2,1-12H3,(H,93,116)(H,94,113)(H,95,114)(H,96,115)(H,97,117)(H,98,118)(H,99,120)(H,100,104)(H,101,105)(H,102,106). The fraction of sp³-hybridized carbons (Fsp3) is 0.736. The van der Waals surface area contributed by atoms with E-state index in [1.165, 1.54) is 67.2 Å². The van der Waals surface area contributed by atoms with Gasteiger partial charge in [0.2, 0.25) is 93.9 Å². The summed E-state index contributed by atoms with van der Waals surface area (Å²) >= 11 is 0. The molecule has 3 fully saturated rings. The number of esters is 7. The molecule has 10 amide bonds. The molecule has 0 spiro atoms. The molecule has 752 valence electrons. The molecule has 3 aliphatic rings. The number of carbonyl (C=O) groups is 17. The van der Waals surface area contributed by atoms with Gasteiger partial charge in [-0.25, -0.2) is 13.2 Å². The number of ether oxygens (including phenoxy) is 13. The lowest BCUT2D eigenvalue weighted by atomic mass is 9.94. The van der Waals surface area contributed by atoms with Crippen molar-refractivity contribution in [1.29, 1.82) is 0 Å². The first-order chi connectivity index (χ1) is 63.2. The van der Waals surface area contributed by atoms with E-state index in [0.29, 0.717) is 77.0 Å². The molecule has 16 atom stereocenters. The van der Waals surface area contributed by atoms with Crippen molar-refractivity contribution < 1.29 is 165 Å². The molecule has 0 aliphatic carbocycles. The molecule has 10 N–H and O–H groups in total. The van der Waals surface area contributed by atoms with E-state index in [1.54, 1.807) is 20.8 Å². The number of halogens is 5. The molecule has 41 nitrogen and oxygen atoms in total. The Labute approximate surface area is 769 Å². The molecule has 4 rings (SSSR count). The van der Waals surface area contributed by atoms with Crippen molar-refractivity contribution in [2.75, 3.05) is 78.7 Å². The minimum absolute atomic E-state index is 0.0132. The summed E-state index contributed by atoms with van der Waals surface area (Å²) in [5.74, 6) is -24.1. The van der Waals surface area contributed by atoms with Crippen LogP contribution in [0.25, 0.3) is 0 Å². The third-order valence-corrected chi connectivity index (χ3v) is 20.9. The minimum Gasteiger partial charge on any atom is -0.456 e. The summed E-state index contributed by atoms with van der Waals surface area (Å²) in [5, 5.41) is 27.5. The third kappa shape index (κ3) is 43.2. The highest BCUT2D eigenvalue weighted by atomic mass is 19.2. The van der Waals surface area contributed by atoms with Crippen molar-refractivity contribution >= 4 is 101 Å². The van der Waals surface area contributed by atoms with Crippen LogP contribution in [-0.4, -0.2) is 282 Å². The molecule has 16 unspecified atom stereocenters. The molecule has 0 aromatic heterocycles. The Morgan fingerprint density at radius 1 is 0.316 bits per heavy atom. The van der Waals surface area contributed by atoms with Crippen molar-refractivity contribution in [3.63, 3.8) is 0 Å². The van der Waals surface area contributed by atoms with Crippen molar-refractivity contribution in [1.82, 2.24) is 58.1 Å². The molecule has 1 aromatic rings. The molecule has 1 aromatic carbocycles. The second-order valence-corrected chi connectivity index (χ2v) is 32.1. The second kappa shape index (κ2) is 62.2. The Hall–Kier alpha value is -10.4. The van der Waals surface area contributed by atoms with Gasteiger partial charge in [0.1, 0.15) is 36.4 Å². The van der Waals surface area contributed by atoms with Crippen LogP contribution in [0.2, 0.25) is 0 Å². The predicted octanol–water partition coefficient (Wildman–Crippen LogP) is 3.52. The summed E-state index contributed by atoms with van der Waals surface area (Å²) < 4.78 is 144. The van der Waals surface area contributed by atoms with Gasteiger partial charge in [-0.15, -0.1) is 0 Å². The van der Waals surface area contributed by atoms with Crippen LogP contribution in [0, 0.1) is 29.1 Å². The van der Waals surface area contributed by atoms with Crippen molar-refractivity contribution in [3.05, 3.63) is 29.1 Å². The number of nitrogens with zero attached hydrogens (tertiary/aromatic N) is 1. The van der Waals surface area contributed by atoms with Gasteiger partial charge >= 0.3 is 41.8 Å². The summed E-state index contributed by atoms with van der Waals surface area (Å²) in [6, 6.07) is -4.37. The Kier molecular flexibility index (Phi) is 53.7. The van der Waals surface area contributed by atoms with Crippen LogP contribution < -0.4 is 57.9 Å². The topological polar surface area (TPSA) is 534 Å². The Morgan fingerprint density at radius 3 is 0.895 bits per heavy atom. The monoisotopic (exact) mass is 1910 g/mol. The summed E-state index contributed by atoms with van der Waals surface area (Å²) in [4.78, 5) is 218. The van der Waals surface area contributed by atoms with Crippen LogP contribution in [0.5, 0.6) is 5.75 Å². The molecule has 0 saturated carbocycles. The number of rotatable bonds is 61. The smallest absolute Gasteiger partial charge is 0.311 e. The molecule has 133 heavy (non-hydrogen) atoms. The number of unbranched alkanes of at least 4 members (excludes halogenated alkanes) is 7. The fourth-order valence-electron chi connectivity index (χ4n) is 14.8. The maximum Gasteiger partial charge on any atom is 0.311 e. The van der Waals surface area contributed by atoms with Gasteiger partial charge in [0.25, 0.3) is 0 Å². The zero-order valence-electron chi connectivity index (χ0n) is 77.8. The Bertz CT molecular complexity index is 3840. The van der Waals surface area contributed by atoms with E-state index in [2.05, 4.69) is 57.9 Å². The molecule has 0 bridgehead atoms. The normalized spacial score (nSPS) is 21.6. The van der Waals surface area contributed by atoms with Crippen LogP contribution >= 0.6 is 0 Å². The lowest BCUT2D eigenvalue weighted by molar-refractivity contribution is -0.272. The lowest BCUT2D eigenvalue weighted by Gasteiger charge is -2.45. The van der Waals surface area contributed by atoms with Gasteiger partial charge in [-0.3, -0.25) is 86.4 Å². The molecule has 3 saturated heterocycles. The molecular formula is C87H134F5N11O30. The van der Waals surface area contributed by atoms with Crippen LogP contribution in [0.15, 0.2) is 0 Å². The molecule has 0 radical (unpaired) electrons. The zero-order valence-corrected chi connectivity index (χ0v) is 77.8. The number of carbonyl (C=O) groups excluding carboxylic acids is 17. The average Bonchev–Trinajstić information content (AvgIpc) is 0.797. The first-order valence-corrected chi connectivity index (χ1v) is 45.2. The Balaban J connectivity index is 1.42. The number of hydrogen-bond acceptors (Lipinski definition) is 31. The summed E-state index contributed by atoms with van der Waals surface area (Å²) in [6.45, 7) is 15.7. The molecular weight excluding hydrogens is 1770 g/mol. The van der Waals surface area contributed by atoms with Crippen molar-refractivity contribution in [2.45, 2.75) is 335 Å². The number of benzene rings is 1. The first kappa shape index (κ1) is 115. The van der Waals surface area contributed by atoms with E-state index in [0.717, 1.165) is 0 Å². The highest BCUT2D eigenvalue weighted by molar-refractivity contribution is 5.86. The van der Waals surface area contributed by atoms with E-state index < -0.39 is 235 Å². The molecule has 46 heteroatoms. The van der Waals surface area contributed by atoms with E-state index in [-0.39, 0.29) is 154 Å². The van der Waals surface area contributed by atoms with E-state index in [9.17, 15) is 103 Å². The molecule has 3 heterocycles. The number of amides is 10. The maximum atomic E-state index is 14.6.